The van der Waals surface area contributed by atoms with Crippen LogP contribution in [0.2, 0.25) is 0 Å². The number of rotatable bonds is 10. The van der Waals surface area contributed by atoms with Gasteiger partial charge in [0.2, 0.25) is 5.91 Å². The maximum Gasteiger partial charge on any atom is 0.261 e. The maximum atomic E-state index is 13.2. The van der Waals surface area contributed by atoms with E-state index in [0.29, 0.717) is 31.2 Å². The lowest BCUT2D eigenvalue weighted by Gasteiger charge is -2.31. The van der Waals surface area contributed by atoms with Crippen molar-refractivity contribution in [3.63, 3.8) is 0 Å². The van der Waals surface area contributed by atoms with Crippen LogP contribution in [0, 0.1) is 19.8 Å². The molecule has 2 aromatic carbocycles. The van der Waals surface area contributed by atoms with Crippen LogP contribution >= 0.6 is 0 Å². The number of hydrogen-bond donors (Lipinski definition) is 1. The Morgan fingerprint density at radius 2 is 1.73 bits per heavy atom. The average molecular weight is 411 g/mol. The van der Waals surface area contributed by atoms with E-state index < -0.39 is 6.04 Å². The van der Waals surface area contributed by atoms with Crippen molar-refractivity contribution in [1.82, 2.24) is 10.2 Å². The minimum absolute atomic E-state index is 0.106. The SMILES string of the molecule is CC[C@H](C(=O)NCC(C)C)N(Cc1ccccc1)C(=O)COc1cccc(C)c1C. The number of aryl methyl sites for hydroxylation is 1. The summed E-state index contributed by atoms with van der Waals surface area (Å²) in [5, 5.41) is 2.97. The minimum Gasteiger partial charge on any atom is -0.483 e. The fourth-order valence-electron chi connectivity index (χ4n) is 3.23. The molecule has 1 N–H and O–H groups in total. The molecule has 0 fully saturated rings. The highest BCUT2D eigenvalue weighted by molar-refractivity contribution is 5.88. The van der Waals surface area contributed by atoms with E-state index in [2.05, 4.69) is 5.32 Å². The van der Waals surface area contributed by atoms with Gasteiger partial charge in [-0.3, -0.25) is 9.59 Å². The molecular weight excluding hydrogens is 376 g/mol. The average Bonchev–Trinajstić information content (AvgIpc) is 2.73. The second-order valence-corrected chi connectivity index (χ2v) is 8.06. The zero-order chi connectivity index (χ0) is 22.1. The number of amides is 2. The molecule has 0 aliphatic carbocycles. The smallest absolute Gasteiger partial charge is 0.261 e. The molecule has 5 heteroatoms. The molecule has 0 bridgehead atoms. The number of nitrogens with one attached hydrogen (secondary N) is 1. The van der Waals surface area contributed by atoms with Gasteiger partial charge < -0.3 is 15.0 Å². The lowest BCUT2D eigenvalue weighted by molar-refractivity contribution is -0.143. The van der Waals surface area contributed by atoms with Crippen LogP contribution < -0.4 is 10.1 Å². The van der Waals surface area contributed by atoms with Crippen LogP contribution in [0.1, 0.15) is 43.9 Å². The van der Waals surface area contributed by atoms with E-state index in [1.165, 1.54) is 0 Å². The highest BCUT2D eigenvalue weighted by Gasteiger charge is 2.29. The summed E-state index contributed by atoms with van der Waals surface area (Å²) in [6, 6.07) is 15.0. The van der Waals surface area contributed by atoms with Gasteiger partial charge in [-0.25, -0.2) is 0 Å². The first-order valence-corrected chi connectivity index (χ1v) is 10.6. The summed E-state index contributed by atoms with van der Waals surface area (Å²) in [5.41, 5.74) is 3.11. The Kier molecular flexibility index (Phi) is 8.90. The van der Waals surface area contributed by atoms with Gasteiger partial charge in [0.25, 0.3) is 5.91 Å². The summed E-state index contributed by atoms with van der Waals surface area (Å²) in [6.07, 6.45) is 0.534. The van der Waals surface area contributed by atoms with Crippen LogP contribution in [0.15, 0.2) is 48.5 Å². The molecule has 2 amide bonds. The van der Waals surface area contributed by atoms with Gasteiger partial charge in [-0.05, 0) is 48.9 Å². The summed E-state index contributed by atoms with van der Waals surface area (Å²) in [6.45, 7) is 10.9. The fourth-order valence-corrected chi connectivity index (χ4v) is 3.23. The molecule has 0 unspecified atom stereocenters. The van der Waals surface area contributed by atoms with Crippen LogP contribution in [0.4, 0.5) is 0 Å². The van der Waals surface area contributed by atoms with E-state index in [4.69, 9.17) is 4.74 Å². The Morgan fingerprint density at radius 1 is 1.03 bits per heavy atom. The normalized spacial score (nSPS) is 11.8. The molecule has 2 aromatic rings. The maximum absolute atomic E-state index is 13.2. The monoisotopic (exact) mass is 410 g/mol. The van der Waals surface area contributed by atoms with Gasteiger partial charge in [-0.1, -0.05) is 63.2 Å². The van der Waals surface area contributed by atoms with Crippen LogP contribution in [0.5, 0.6) is 5.75 Å². The lowest BCUT2D eigenvalue weighted by Crippen LogP contribution is -2.50. The number of carbonyl (C=O) groups excluding carboxylic acids is 2. The zero-order valence-electron chi connectivity index (χ0n) is 18.8. The van der Waals surface area contributed by atoms with E-state index in [1.54, 1.807) is 4.90 Å². The molecule has 162 valence electrons. The first-order valence-electron chi connectivity index (χ1n) is 10.6. The predicted octanol–water partition coefficient (Wildman–Crippen LogP) is 4.26. The molecule has 30 heavy (non-hydrogen) atoms. The molecule has 0 aliphatic heterocycles. The second kappa shape index (κ2) is 11.4. The summed E-state index contributed by atoms with van der Waals surface area (Å²) >= 11 is 0. The third-order valence-electron chi connectivity index (χ3n) is 5.17. The Hall–Kier alpha value is -2.82. The highest BCUT2D eigenvalue weighted by atomic mass is 16.5. The molecule has 5 nitrogen and oxygen atoms in total. The standard InChI is InChI=1S/C25H34N2O3/c1-6-22(25(29)26-15-18(2)3)27(16-21-12-8-7-9-13-21)24(28)17-30-23-14-10-11-19(4)20(23)5/h7-14,18,22H,6,15-17H2,1-5H3,(H,26,29)/t22-/m1/s1. The van der Waals surface area contributed by atoms with E-state index >= 15 is 0 Å². The fraction of sp³-hybridized carbons (Fsp3) is 0.440. The number of hydrogen-bond acceptors (Lipinski definition) is 3. The van der Waals surface area contributed by atoms with Crippen molar-refractivity contribution >= 4 is 11.8 Å². The van der Waals surface area contributed by atoms with Crippen molar-refractivity contribution in [3.8, 4) is 5.75 Å². The summed E-state index contributed by atoms with van der Waals surface area (Å²) < 4.78 is 5.85. The van der Waals surface area contributed by atoms with Gasteiger partial charge in [0.05, 0.1) is 0 Å². The second-order valence-electron chi connectivity index (χ2n) is 8.06. The van der Waals surface area contributed by atoms with Crippen molar-refractivity contribution in [2.24, 2.45) is 5.92 Å². The van der Waals surface area contributed by atoms with Crippen LogP contribution in [0.3, 0.4) is 0 Å². The van der Waals surface area contributed by atoms with Gasteiger partial charge in [0.1, 0.15) is 11.8 Å². The Labute approximate surface area is 180 Å². The van der Waals surface area contributed by atoms with E-state index in [9.17, 15) is 9.59 Å². The molecular formula is C25H34N2O3. The molecule has 0 saturated heterocycles. The van der Waals surface area contributed by atoms with Gasteiger partial charge in [-0.15, -0.1) is 0 Å². The quantitative estimate of drug-likeness (QED) is 0.637. The van der Waals surface area contributed by atoms with Crippen LogP contribution in [0.25, 0.3) is 0 Å². The predicted molar refractivity (Wildman–Crippen MR) is 120 cm³/mol. The molecule has 0 saturated carbocycles. The molecule has 0 radical (unpaired) electrons. The van der Waals surface area contributed by atoms with E-state index in [-0.39, 0.29) is 18.4 Å². The number of benzene rings is 2. The molecule has 1 atom stereocenters. The Morgan fingerprint density at radius 3 is 2.37 bits per heavy atom. The Bertz CT molecular complexity index is 834. The van der Waals surface area contributed by atoms with Crippen molar-refractivity contribution < 1.29 is 14.3 Å². The van der Waals surface area contributed by atoms with Crippen molar-refractivity contribution in [2.75, 3.05) is 13.2 Å². The number of carbonyl (C=O) groups is 2. The highest BCUT2D eigenvalue weighted by Crippen LogP contribution is 2.21. The van der Waals surface area contributed by atoms with Gasteiger partial charge in [0.15, 0.2) is 6.61 Å². The molecule has 0 heterocycles. The summed E-state index contributed by atoms with van der Waals surface area (Å²) in [7, 11) is 0. The first-order chi connectivity index (χ1) is 14.3. The van der Waals surface area contributed by atoms with E-state index in [1.807, 2.05) is 83.1 Å². The molecule has 0 spiro atoms. The lowest BCUT2D eigenvalue weighted by atomic mass is 10.1. The summed E-state index contributed by atoms with van der Waals surface area (Å²) in [5.74, 6) is 0.714. The third-order valence-corrected chi connectivity index (χ3v) is 5.17. The topological polar surface area (TPSA) is 58.6 Å². The zero-order valence-corrected chi connectivity index (χ0v) is 18.8. The molecule has 0 aliphatic rings. The van der Waals surface area contributed by atoms with Crippen molar-refractivity contribution in [1.29, 1.82) is 0 Å². The largest absolute Gasteiger partial charge is 0.483 e. The van der Waals surface area contributed by atoms with Crippen molar-refractivity contribution in [3.05, 3.63) is 65.2 Å². The van der Waals surface area contributed by atoms with Gasteiger partial charge >= 0.3 is 0 Å². The molecule has 2 rings (SSSR count). The van der Waals surface area contributed by atoms with Crippen molar-refractivity contribution in [2.45, 2.75) is 53.6 Å². The van der Waals surface area contributed by atoms with Crippen LogP contribution in [-0.2, 0) is 16.1 Å². The molecule has 0 aromatic heterocycles. The minimum atomic E-state index is -0.543. The first kappa shape index (κ1) is 23.5. The van der Waals surface area contributed by atoms with Gasteiger partial charge in [0, 0.05) is 13.1 Å². The third kappa shape index (κ3) is 6.61. The Balaban J connectivity index is 2.19. The number of ether oxygens (including phenoxy) is 1. The number of nitrogens with zero attached hydrogens (tertiary/aromatic N) is 1. The van der Waals surface area contributed by atoms with Gasteiger partial charge in [-0.2, -0.15) is 0 Å². The van der Waals surface area contributed by atoms with Crippen LogP contribution in [-0.4, -0.2) is 35.9 Å². The van der Waals surface area contributed by atoms with E-state index in [0.717, 1.165) is 16.7 Å². The summed E-state index contributed by atoms with van der Waals surface area (Å²) in [4.78, 5) is 27.7.